The summed E-state index contributed by atoms with van der Waals surface area (Å²) in [4.78, 5) is 27.6. The smallest absolute Gasteiger partial charge is 0.326 e. The van der Waals surface area contributed by atoms with Crippen molar-refractivity contribution in [1.82, 2.24) is 19.4 Å². The van der Waals surface area contributed by atoms with E-state index < -0.39 is 12.0 Å². The first kappa shape index (κ1) is 23.1. The van der Waals surface area contributed by atoms with Crippen molar-refractivity contribution in [3.63, 3.8) is 0 Å². The maximum Gasteiger partial charge on any atom is 0.326 e. The Labute approximate surface area is 179 Å². The number of rotatable bonds is 10. The van der Waals surface area contributed by atoms with Gasteiger partial charge >= 0.3 is 5.97 Å². The molecule has 2 rings (SSSR count). The summed E-state index contributed by atoms with van der Waals surface area (Å²) in [5.41, 5.74) is 12.4. The van der Waals surface area contributed by atoms with Crippen LogP contribution in [0.25, 0.3) is 0 Å². The normalized spacial score (nSPS) is 12.1. The van der Waals surface area contributed by atoms with Crippen LogP contribution in [0, 0.1) is 0 Å². The largest absolute Gasteiger partial charge is 0.480 e. The second-order valence-corrected chi connectivity index (χ2v) is 7.76. The number of guanidine groups is 1. The molecule has 1 aromatic heterocycles. The van der Waals surface area contributed by atoms with Gasteiger partial charge in [0.2, 0.25) is 17.2 Å². The van der Waals surface area contributed by atoms with Gasteiger partial charge < -0.3 is 27.2 Å². The molecule has 7 N–H and O–H groups in total. The number of hydrogen-bond acceptors (Lipinski definition) is 7. The number of nitrogens with zero attached hydrogens (tertiary/aromatic N) is 5. The highest BCUT2D eigenvalue weighted by molar-refractivity contribution is 6.28. The van der Waals surface area contributed by atoms with Crippen molar-refractivity contribution in [3.05, 3.63) is 29.5 Å². The molecule has 0 aliphatic heterocycles. The molecule has 0 bridgehead atoms. The summed E-state index contributed by atoms with van der Waals surface area (Å²) >= 11 is 5.99. The number of benzene rings is 1. The Morgan fingerprint density at radius 3 is 2.37 bits per heavy atom. The molecule has 0 amide bonds. The summed E-state index contributed by atoms with van der Waals surface area (Å²) in [6.07, 6.45) is 0.731. The van der Waals surface area contributed by atoms with Crippen LogP contribution in [-0.2, 0) is 4.79 Å². The van der Waals surface area contributed by atoms with Gasteiger partial charge in [-0.15, -0.1) is 0 Å². The quantitative estimate of drug-likeness (QED) is 0.160. The van der Waals surface area contributed by atoms with E-state index >= 15 is 0 Å². The first-order valence-corrected chi connectivity index (χ1v) is 9.58. The molecule has 162 valence electrons. The van der Waals surface area contributed by atoms with Crippen LogP contribution >= 0.6 is 11.6 Å². The third-order valence-corrected chi connectivity index (χ3v) is 4.22. The minimum Gasteiger partial charge on any atom is -0.480 e. The lowest BCUT2D eigenvalue weighted by Crippen LogP contribution is -2.34. The molecule has 11 nitrogen and oxygen atoms in total. The van der Waals surface area contributed by atoms with Gasteiger partial charge in [-0.3, -0.25) is 9.48 Å². The van der Waals surface area contributed by atoms with Gasteiger partial charge in [-0.1, -0.05) is 0 Å². The van der Waals surface area contributed by atoms with E-state index in [1.807, 2.05) is 24.3 Å². The zero-order chi connectivity index (χ0) is 22.3. The van der Waals surface area contributed by atoms with Crippen LogP contribution in [0.3, 0.4) is 0 Å². The van der Waals surface area contributed by atoms with Crippen LogP contribution in [0.5, 0.6) is 0 Å². The highest BCUT2D eigenvalue weighted by Gasteiger charge is 2.19. The van der Waals surface area contributed by atoms with Crippen molar-refractivity contribution < 1.29 is 9.90 Å². The minimum atomic E-state index is -1.05. The Hall–Kier alpha value is -3.18. The Kier molecular flexibility index (Phi) is 7.72. The number of nitrogens with one attached hydrogen (secondary N) is 2. The van der Waals surface area contributed by atoms with Crippen molar-refractivity contribution in [2.45, 2.75) is 18.9 Å². The fourth-order valence-corrected chi connectivity index (χ4v) is 2.67. The molecule has 0 spiro atoms. The molecule has 0 aliphatic rings. The third kappa shape index (κ3) is 7.33. The number of aliphatic imine (C=N–C) groups is 1. The van der Waals surface area contributed by atoms with Crippen molar-refractivity contribution in [3.8, 4) is 0 Å². The summed E-state index contributed by atoms with van der Waals surface area (Å²) in [5.74, 6) is -0.847. The van der Waals surface area contributed by atoms with E-state index in [9.17, 15) is 9.90 Å². The van der Waals surface area contributed by atoms with Gasteiger partial charge in [0.1, 0.15) is 11.7 Å². The summed E-state index contributed by atoms with van der Waals surface area (Å²) in [7, 11) is 6.22. The van der Waals surface area contributed by atoms with Gasteiger partial charge in [0.05, 0.1) is 21.1 Å². The molecule has 30 heavy (non-hydrogen) atoms. The van der Waals surface area contributed by atoms with Crippen LogP contribution in [0.4, 0.5) is 23.3 Å². The first-order chi connectivity index (χ1) is 14.0. The fraction of sp³-hybridized carbons (Fsp3) is 0.389. The molecule has 0 fully saturated rings. The molecular weight excluding hydrogens is 410 g/mol. The monoisotopic (exact) mass is 436 g/mol. The lowest BCUT2D eigenvalue weighted by Gasteiger charge is -2.23. The molecule has 0 saturated carbocycles. The third-order valence-electron chi connectivity index (χ3n) is 4.05. The second kappa shape index (κ2) is 10.0. The van der Waals surface area contributed by atoms with Gasteiger partial charge in [-0.05, 0) is 36.6 Å². The van der Waals surface area contributed by atoms with E-state index in [2.05, 4.69) is 51.7 Å². The van der Waals surface area contributed by atoms with Crippen molar-refractivity contribution >= 4 is 46.8 Å². The van der Waals surface area contributed by atoms with Gasteiger partial charge in [0, 0.05) is 24.4 Å². The average molecular weight is 437 g/mol. The van der Waals surface area contributed by atoms with Crippen molar-refractivity contribution in [1.29, 1.82) is 0 Å². The molecule has 1 unspecified atom stereocenters. The van der Waals surface area contributed by atoms with Gasteiger partial charge in [0.25, 0.3) is 0 Å². The zero-order valence-electron chi connectivity index (χ0n) is 17.1. The van der Waals surface area contributed by atoms with E-state index in [0.717, 1.165) is 11.4 Å². The number of aromatic nitrogens is 3. The predicted molar refractivity (Wildman–Crippen MR) is 119 cm³/mol. The molecule has 0 aliphatic carbocycles. The van der Waals surface area contributed by atoms with Crippen molar-refractivity contribution in [2.75, 3.05) is 38.3 Å². The molecule has 1 atom stereocenters. The van der Waals surface area contributed by atoms with Gasteiger partial charge in [-0.2, -0.15) is 15.0 Å². The van der Waals surface area contributed by atoms with Crippen LogP contribution in [-0.4, -0.2) is 65.7 Å². The molecule has 0 radical (unpaired) electrons. The van der Waals surface area contributed by atoms with Crippen LogP contribution in [0.2, 0.25) is 5.28 Å². The highest BCUT2D eigenvalue weighted by atomic mass is 35.5. The lowest BCUT2D eigenvalue weighted by atomic mass is 10.1. The summed E-state index contributed by atoms with van der Waals surface area (Å²) < 4.78 is 0.686. The molecule has 2 aromatic rings. The molecular formula is C18H27ClN9O2+. The first-order valence-electron chi connectivity index (χ1n) is 9.20. The van der Waals surface area contributed by atoms with Gasteiger partial charge in [0.15, 0.2) is 5.96 Å². The number of carbonyl (C=O) groups is 1. The van der Waals surface area contributed by atoms with E-state index in [1.54, 1.807) is 0 Å². The van der Waals surface area contributed by atoms with Crippen LogP contribution < -0.4 is 26.6 Å². The number of carboxylic acid groups (broad SMARTS) is 1. The Bertz CT molecular complexity index is 894. The minimum absolute atomic E-state index is 0.0377. The summed E-state index contributed by atoms with van der Waals surface area (Å²) in [6.45, 7) is 0.321. The van der Waals surface area contributed by atoms with E-state index in [1.165, 1.54) is 0 Å². The summed E-state index contributed by atoms with van der Waals surface area (Å²) in [6, 6.07) is 6.83. The topological polar surface area (TPSA) is 164 Å². The van der Waals surface area contributed by atoms with E-state index in [0.29, 0.717) is 17.4 Å². The number of anilines is 3. The number of aliphatic carboxylic acids is 1. The fourth-order valence-electron chi connectivity index (χ4n) is 2.51. The number of carboxylic acids is 1. The van der Waals surface area contributed by atoms with Crippen LogP contribution in [0.15, 0.2) is 29.3 Å². The lowest BCUT2D eigenvalue weighted by molar-refractivity contribution is -0.138. The van der Waals surface area contributed by atoms with Crippen LogP contribution in [0.1, 0.15) is 12.8 Å². The second-order valence-electron chi connectivity index (χ2n) is 7.42. The summed E-state index contributed by atoms with van der Waals surface area (Å²) in [5, 5.41) is 15.2. The maximum absolute atomic E-state index is 11.5. The number of nitrogens with two attached hydrogens (primary N) is 2. The Morgan fingerprint density at radius 1 is 1.17 bits per heavy atom. The Morgan fingerprint density at radius 2 is 1.80 bits per heavy atom. The molecule has 1 heterocycles. The number of hydrogen-bond donors (Lipinski definition) is 5. The number of halogens is 1. The number of quaternary nitrogens is 1. The standard InChI is InChI=1S/C18H26ClN9O2/c1-28(2,3)12-8-6-11(7-9-12)23-17-25-15(19)26-18(27-17)24-13(14(29)30)5-4-10-22-16(20)21/h6-9,13H,4-5,10H2,1-3H3,(H6-,20,21,22,23,24,25,26,27,29,30)/p+1. The molecule has 0 saturated heterocycles. The zero-order valence-corrected chi connectivity index (χ0v) is 17.9. The molecule has 1 aromatic carbocycles. The highest BCUT2D eigenvalue weighted by Crippen LogP contribution is 2.22. The SMILES string of the molecule is C[N+](C)(C)c1ccc(Nc2nc(Cl)nc(NC(CCCN=C(N)N)C(=O)O)n2)cc1. The van der Waals surface area contributed by atoms with Gasteiger partial charge in [-0.25, -0.2) is 4.79 Å². The Balaban J connectivity index is 2.09. The van der Waals surface area contributed by atoms with Crippen molar-refractivity contribution in [2.24, 2.45) is 16.5 Å². The predicted octanol–water partition coefficient (Wildman–Crippen LogP) is 1.38. The van der Waals surface area contributed by atoms with E-state index in [-0.39, 0.29) is 29.6 Å². The average Bonchev–Trinajstić information content (AvgIpc) is 2.63. The maximum atomic E-state index is 11.5. The van der Waals surface area contributed by atoms with E-state index in [4.69, 9.17) is 23.1 Å². The molecule has 12 heteroatoms.